The van der Waals surface area contributed by atoms with E-state index in [9.17, 15) is 27.6 Å². The van der Waals surface area contributed by atoms with E-state index in [1.807, 2.05) is 48.5 Å². The molecule has 0 aliphatic heterocycles. The molecule has 0 saturated carbocycles. The van der Waals surface area contributed by atoms with Crippen molar-refractivity contribution in [2.45, 2.75) is 37.0 Å². The molecule has 2 amide bonds. The molecule has 3 rings (SSSR count). The summed E-state index contributed by atoms with van der Waals surface area (Å²) >= 11 is 0. The summed E-state index contributed by atoms with van der Waals surface area (Å²) in [4.78, 5) is 35.5. The summed E-state index contributed by atoms with van der Waals surface area (Å²) in [6, 6.07) is 11.3. The maximum absolute atomic E-state index is 13.1. The number of halogens is 3. The van der Waals surface area contributed by atoms with E-state index in [1.54, 1.807) is 5.32 Å². The van der Waals surface area contributed by atoms with Gasteiger partial charge in [0.15, 0.2) is 0 Å². The molecule has 0 heterocycles. The highest BCUT2D eigenvalue weighted by Gasteiger charge is 2.43. The summed E-state index contributed by atoms with van der Waals surface area (Å²) in [5.41, 5.74) is 3.98. The largest absolute Gasteiger partial charge is 0.481 e. The van der Waals surface area contributed by atoms with E-state index in [0.29, 0.717) is 0 Å². The Hall–Kier alpha value is -3.82. The lowest BCUT2D eigenvalue weighted by atomic mass is 9.98. The van der Waals surface area contributed by atoms with E-state index >= 15 is 0 Å². The number of nitrogens with one attached hydrogen (secondary N) is 2. The fourth-order valence-electron chi connectivity index (χ4n) is 3.88. The van der Waals surface area contributed by atoms with E-state index in [-0.39, 0.29) is 18.9 Å². The molecule has 3 N–H and O–H groups in total. The minimum Gasteiger partial charge on any atom is -0.481 e. The van der Waals surface area contributed by atoms with E-state index in [4.69, 9.17) is 9.84 Å². The van der Waals surface area contributed by atoms with Gasteiger partial charge in [-0.25, -0.2) is 4.79 Å². The first-order valence-corrected chi connectivity index (χ1v) is 10.4. The van der Waals surface area contributed by atoms with Gasteiger partial charge in [0.1, 0.15) is 18.7 Å². The number of carboxylic acids is 1. The number of carbonyl (C=O) groups excluding carboxylic acids is 2. The van der Waals surface area contributed by atoms with Gasteiger partial charge in [0.25, 0.3) is 0 Å². The monoisotopic (exact) mass is 476 g/mol. The second-order valence-corrected chi connectivity index (χ2v) is 7.75. The average Bonchev–Trinajstić information content (AvgIpc) is 3.10. The number of rotatable bonds is 9. The Morgan fingerprint density at radius 1 is 1.03 bits per heavy atom. The number of benzene rings is 2. The predicted molar refractivity (Wildman–Crippen MR) is 117 cm³/mol. The first-order chi connectivity index (χ1) is 16.1. The van der Waals surface area contributed by atoms with Crippen LogP contribution in [-0.2, 0) is 14.3 Å². The number of carboxylic acid groups (broad SMARTS) is 1. The van der Waals surface area contributed by atoms with E-state index < -0.39 is 42.7 Å². The van der Waals surface area contributed by atoms with Gasteiger partial charge in [0.2, 0.25) is 5.91 Å². The van der Waals surface area contributed by atoms with Crippen LogP contribution in [0.4, 0.5) is 18.0 Å². The van der Waals surface area contributed by atoms with Crippen molar-refractivity contribution in [3.63, 3.8) is 0 Å². The highest BCUT2D eigenvalue weighted by atomic mass is 19.4. The van der Waals surface area contributed by atoms with Gasteiger partial charge in [0, 0.05) is 5.92 Å². The van der Waals surface area contributed by atoms with Crippen LogP contribution in [0.5, 0.6) is 0 Å². The third-order valence-corrected chi connectivity index (χ3v) is 5.44. The zero-order valence-electron chi connectivity index (χ0n) is 18.0. The average molecular weight is 476 g/mol. The standard InChI is InChI=1S/C24H23F3N2O5/c1-2-7-19(22(32)29-20(12-21(30)31)24(25,26)27)28-23(33)34-13-18-16-10-5-3-8-14(16)15-9-4-6-11-17(15)18/h2-6,8-11,18-20H,1,7,12-13H2,(H,28,33)(H,29,32)(H,30,31). The van der Waals surface area contributed by atoms with Crippen molar-refractivity contribution < 1.29 is 37.4 Å². The van der Waals surface area contributed by atoms with Gasteiger partial charge in [-0.15, -0.1) is 6.58 Å². The third-order valence-electron chi connectivity index (χ3n) is 5.44. The van der Waals surface area contributed by atoms with Crippen LogP contribution >= 0.6 is 0 Å². The Morgan fingerprint density at radius 3 is 2.09 bits per heavy atom. The Labute approximate surface area is 193 Å². The maximum Gasteiger partial charge on any atom is 0.409 e. The minimum atomic E-state index is -4.98. The first kappa shape index (κ1) is 24.8. The summed E-state index contributed by atoms with van der Waals surface area (Å²) in [5, 5.41) is 12.6. The molecular formula is C24H23F3N2O5. The van der Waals surface area contributed by atoms with Crippen molar-refractivity contribution in [2.24, 2.45) is 0 Å². The molecule has 2 unspecified atom stereocenters. The fraction of sp³-hybridized carbons (Fsp3) is 0.292. The molecule has 0 aromatic heterocycles. The number of ether oxygens (including phenoxy) is 1. The molecule has 7 nitrogen and oxygen atoms in total. The number of carbonyl (C=O) groups is 3. The number of aliphatic carboxylic acids is 1. The molecule has 34 heavy (non-hydrogen) atoms. The number of fused-ring (bicyclic) bond motifs is 3. The number of alkyl halides is 3. The van der Waals surface area contributed by atoms with Crippen LogP contribution in [0, 0.1) is 0 Å². The quantitative estimate of drug-likeness (QED) is 0.475. The predicted octanol–water partition coefficient (Wildman–Crippen LogP) is 3.99. The lowest BCUT2D eigenvalue weighted by molar-refractivity contribution is -0.170. The van der Waals surface area contributed by atoms with Gasteiger partial charge in [0.05, 0.1) is 6.42 Å². The van der Waals surface area contributed by atoms with Gasteiger partial charge < -0.3 is 20.5 Å². The molecule has 2 aromatic carbocycles. The van der Waals surface area contributed by atoms with Gasteiger partial charge in [-0.05, 0) is 28.7 Å². The van der Waals surface area contributed by atoms with Gasteiger partial charge in [-0.2, -0.15) is 13.2 Å². The second kappa shape index (κ2) is 10.4. The molecule has 0 fully saturated rings. The lowest BCUT2D eigenvalue weighted by Gasteiger charge is -2.24. The Kier molecular flexibility index (Phi) is 7.60. The van der Waals surface area contributed by atoms with E-state index in [1.165, 1.54) is 6.08 Å². The minimum absolute atomic E-state index is 0.0491. The van der Waals surface area contributed by atoms with Crippen LogP contribution in [0.2, 0.25) is 0 Å². The van der Waals surface area contributed by atoms with E-state index in [0.717, 1.165) is 22.3 Å². The van der Waals surface area contributed by atoms with Crippen LogP contribution < -0.4 is 10.6 Å². The second-order valence-electron chi connectivity index (χ2n) is 7.75. The molecule has 0 radical (unpaired) electrons. The normalized spacial score (nSPS) is 14.3. The molecule has 2 atom stereocenters. The maximum atomic E-state index is 13.1. The van der Waals surface area contributed by atoms with Crippen LogP contribution in [0.3, 0.4) is 0 Å². The summed E-state index contributed by atoms with van der Waals surface area (Å²) in [5.74, 6) is -3.17. The summed E-state index contributed by atoms with van der Waals surface area (Å²) in [6.07, 6.45) is -6.26. The van der Waals surface area contributed by atoms with Gasteiger partial charge in [-0.1, -0.05) is 54.6 Å². The lowest BCUT2D eigenvalue weighted by Crippen LogP contribution is -2.54. The molecular weight excluding hydrogens is 453 g/mol. The molecule has 2 aromatic rings. The molecule has 180 valence electrons. The van der Waals surface area contributed by atoms with Crippen molar-refractivity contribution >= 4 is 18.0 Å². The van der Waals surface area contributed by atoms with E-state index in [2.05, 4.69) is 11.9 Å². The van der Waals surface area contributed by atoms with Crippen molar-refractivity contribution in [1.82, 2.24) is 10.6 Å². The third kappa shape index (κ3) is 5.75. The Bertz CT molecular complexity index is 1040. The van der Waals surface area contributed by atoms with Crippen LogP contribution in [0.25, 0.3) is 11.1 Å². The molecule has 10 heteroatoms. The summed E-state index contributed by atoms with van der Waals surface area (Å²) < 4.78 is 44.6. The topological polar surface area (TPSA) is 105 Å². The molecule has 1 aliphatic carbocycles. The number of hydrogen-bond acceptors (Lipinski definition) is 4. The van der Waals surface area contributed by atoms with Crippen LogP contribution in [0.1, 0.15) is 29.9 Å². The Morgan fingerprint density at radius 2 is 1.59 bits per heavy atom. The molecule has 1 aliphatic rings. The van der Waals surface area contributed by atoms with Gasteiger partial charge >= 0.3 is 18.2 Å². The number of amides is 2. The SMILES string of the molecule is C=CCC(NC(=O)OCC1c2ccccc2-c2ccccc21)C(=O)NC(CC(=O)O)C(F)(F)F. The smallest absolute Gasteiger partial charge is 0.409 e. The van der Waals surface area contributed by atoms with Crippen molar-refractivity contribution in [3.8, 4) is 11.1 Å². The fourth-order valence-corrected chi connectivity index (χ4v) is 3.88. The van der Waals surface area contributed by atoms with Gasteiger partial charge in [-0.3, -0.25) is 9.59 Å². The highest BCUT2D eigenvalue weighted by molar-refractivity contribution is 5.86. The molecule has 0 saturated heterocycles. The van der Waals surface area contributed by atoms with Crippen molar-refractivity contribution in [2.75, 3.05) is 6.61 Å². The van der Waals surface area contributed by atoms with Crippen molar-refractivity contribution in [1.29, 1.82) is 0 Å². The summed E-state index contributed by atoms with van der Waals surface area (Å²) in [7, 11) is 0. The zero-order chi connectivity index (χ0) is 24.9. The molecule has 0 spiro atoms. The molecule has 0 bridgehead atoms. The van der Waals surface area contributed by atoms with Crippen LogP contribution in [-0.4, -0.2) is 47.9 Å². The Balaban J connectivity index is 1.66. The summed E-state index contributed by atoms with van der Waals surface area (Å²) in [6.45, 7) is 3.39. The first-order valence-electron chi connectivity index (χ1n) is 10.4. The van der Waals surface area contributed by atoms with Crippen molar-refractivity contribution in [3.05, 3.63) is 72.3 Å². The number of hydrogen-bond donors (Lipinski definition) is 3. The highest BCUT2D eigenvalue weighted by Crippen LogP contribution is 2.44. The zero-order valence-corrected chi connectivity index (χ0v) is 18.0. The van der Waals surface area contributed by atoms with Crippen LogP contribution in [0.15, 0.2) is 61.2 Å². The number of alkyl carbamates (subject to hydrolysis) is 1.